The SMILES string of the molecule is O.O=C(O)C1=CCS[C@@H]2CC(=O)N12. The normalized spacial score (nSPS) is 25.2. The highest BCUT2D eigenvalue weighted by molar-refractivity contribution is 8.00. The van der Waals surface area contributed by atoms with Gasteiger partial charge in [-0.05, 0) is 6.08 Å². The molecule has 2 heterocycles. The Labute approximate surface area is 78.7 Å². The molecular formula is C7H9NO4S. The highest BCUT2D eigenvalue weighted by Crippen LogP contribution is 2.36. The van der Waals surface area contributed by atoms with Crippen LogP contribution in [0, 0.1) is 0 Å². The number of thioether (sulfide) groups is 1. The third-order valence-corrected chi connectivity index (χ3v) is 3.07. The first-order valence-corrected chi connectivity index (χ1v) is 4.62. The number of rotatable bonds is 1. The third kappa shape index (κ3) is 1.42. The number of β-lactam (4-membered cyclic amide) rings is 1. The summed E-state index contributed by atoms with van der Waals surface area (Å²) in [6, 6.07) is 0. The zero-order valence-corrected chi connectivity index (χ0v) is 7.50. The summed E-state index contributed by atoms with van der Waals surface area (Å²) in [7, 11) is 0. The molecule has 6 heteroatoms. The van der Waals surface area contributed by atoms with E-state index in [9.17, 15) is 9.59 Å². The Morgan fingerprint density at radius 2 is 2.38 bits per heavy atom. The first-order chi connectivity index (χ1) is 5.70. The number of amides is 1. The molecule has 2 aliphatic rings. The third-order valence-electron chi connectivity index (χ3n) is 1.95. The number of fused-ring (bicyclic) bond motifs is 1. The van der Waals surface area contributed by atoms with Crippen LogP contribution in [-0.4, -0.2) is 38.5 Å². The molecule has 0 aromatic carbocycles. The average molecular weight is 203 g/mol. The minimum atomic E-state index is -1.01. The largest absolute Gasteiger partial charge is 0.477 e. The van der Waals surface area contributed by atoms with Crippen LogP contribution in [0.2, 0.25) is 0 Å². The molecule has 0 aliphatic carbocycles. The molecule has 1 amide bonds. The lowest BCUT2D eigenvalue weighted by molar-refractivity contribution is -0.146. The van der Waals surface area contributed by atoms with E-state index in [2.05, 4.69) is 0 Å². The van der Waals surface area contributed by atoms with E-state index in [0.717, 1.165) is 0 Å². The molecular weight excluding hydrogens is 194 g/mol. The van der Waals surface area contributed by atoms with Gasteiger partial charge < -0.3 is 10.6 Å². The molecule has 0 aromatic rings. The van der Waals surface area contributed by atoms with Crippen LogP contribution in [-0.2, 0) is 9.59 Å². The number of nitrogens with zero attached hydrogens (tertiary/aromatic N) is 1. The fourth-order valence-corrected chi connectivity index (χ4v) is 2.45. The second-order valence-corrected chi connectivity index (χ2v) is 3.86. The summed E-state index contributed by atoms with van der Waals surface area (Å²) in [5.74, 6) is -0.398. The van der Waals surface area contributed by atoms with Gasteiger partial charge in [-0.25, -0.2) is 4.79 Å². The van der Waals surface area contributed by atoms with Crippen molar-refractivity contribution in [1.82, 2.24) is 4.90 Å². The molecule has 5 nitrogen and oxygen atoms in total. The van der Waals surface area contributed by atoms with Crippen molar-refractivity contribution in [2.45, 2.75) is 11.8 Å². The second kappa shape index (κ2) is 3.39. The van der Waals surface area contributed by atoms with Crippen LogP contribution in [0.1, 0.15) is 6.42 Å². The van der Waals surface area contributed by atoms with Crippen LogP contribution in [0.15, 0.2) is 11.8 Å². The Morgan fingerprint density at radius 3 is 2.85 bits per heavy atom. The molecule has 0 unspecified atom stereocenters. The Bertz CT molecular complexity index is 288. The van der Waals surface area contributed by atoms with Crippen LogP contribution in [0.4, 0.5) is 0 Å². The molecule has 72 valence electrons. The first-order valence-electron chi connectivity index (χ1n) is 3.57. The van der Waals surface area contributed by atoms with Crippen LogP contribution in [0.3, 0.4) is 0 Å². The molecule has 2 rings (SSSR count). The van der Waals surface area contributed by atoms with E-state index >= 15 is 0 Å². The van der Waals surface area contributed by atoms with Gasteiger partial charge in [-0.2, -0.15) is 0 Å². The molecule has 1 atom stereocenters. The van der Waals surface area contributed by atoms with E-state index in [-0.39, 0.29) is 22.5 Å². The summed E-state index contributed by atoms with van der Waals surface area (Å²) in [6.45, 7) is 0. The Balaban J connectivity index is 0.000000845. The second-order valence-electron chi connectivity index (χ2n) is 2.65. The molecule has 0 radical (unpaired) electrons. The summed E-state index contributed by atoms with van der Waals surface area (Å²) in [4.78, 5) is 23.0. The lowest BCUT2D eigenvalue weighted by Crippen LogP contribution is -2.52. The van der Waals surface area contributed by atoms with Gasteiger partial charge in [0.15, 0.2) is 0 Å². The summed E-state index contributed by atoms with van der Waals surface area (Å²) >= 11 is 1.60. The van der Waals surface area contributed by atoms with Crippen molar-refractivity contribution in [2.24, 2.45) is 0 Å². The molecule has 0 spiro atoms. The Hall–Kier alpha value is -1.01. The van der Waals surface area contributed by atoms with Crippen LogP contribution in [0.5, 0.6) is 0 Å². The maximum Gasteiger partial charge on any atom is 0.352 e. The maximum absolute atomic E-state index is 11.0. The number of carbonyl (C=O) groups is 2. The number of hydrogen-bond acceptors (Lipinski definition) is 3. The van der Waals surface area contributed by atoms with Gasteiger partial charge in [-0.1, -0.05) is 0 Å². The van der Waals surface area contributed by atoms with Gasteiger partial charge >= 0.3 is 5.97 Å². The molecule has 2 aliphatic heterocycles. The van der Waals surface area contributed by atoms with E-state index in [1.807, 2.05) is 0 Å². The number of aliphatic carboxylic acids is 1. The lowest BCUT2D eigenvalue weighted by atomic mass is 10.1. The smallest absolute Gasteiger partial charge is 0.352 e. The van der Waals surface area contributed by atoms with Gasteiger partial charge in [-0.15, -0.1) is 11.8 Å². The highest BCUT2D eigenvalue weighted by Gasteiger charge is 2.42. The molecule has 0 saturated carbocycles. The number of hydrogen-bond donors (Lipinski definition) is 1. The van der Waals surface area contributed by atoms with Crippen LogP contribution in [0.25, 0.3) is 0 Å². The summed E-state index contributed by atoms with van der Waals surface area (Å²) < 4.78 is 0. The van der Waals surface area contributed by atoms with Crippen molar-refractivity contribution in [2.75, 3.05) is 5.75 Å². The van der Waals surface area contributed by atoms with Crippen molar-refractivity contribution in [3.8, 4) is 0 Å². The summed E-state index contributed by atoms with van der Waals surface area (Å²) in [5, 5.41) is 8.78. The Morgan fingerprint density at radius 1 is 1.69 bits per heavy atom. The number of carboxylic acid groups (broad SMARTS) is 1. The first kappa shape index (κ1) is 10.1. The zero-order valence-electron chi connectivity index (χ0n) is 6.69. The molecule has 1 fully saturated rings. The van der Waals surface area contributed by atoms with Gasteiger partial charge in [0.1, 0.15) is 5.70 Å². The van der Waals surface area contributed by atoms with Crippen LogP contribution >= 0.6 is 11.8 Å². The summed E-state index contributed by atoms with van der Waals surface area (Å²) in [6.07, 6.45) is 2.07. The zero-order chi connectivity index (χ0) is 8.72. The molecule has 1 saturated heterocycles. The predicted molar refractivity (Wildman–Crippen MR) is 47.0 cm³/mol. The standard InChI is InChI=1S/C7H7NO3S.H2O/c9-5-3-6-8(5)4(7(10)11)1-2-12-6;/h1,6H,2-3H2,(H,10,11);1H2/t6-;/m1./s1. The molecule has 3 N–H and O–H groups in total. The van der Waals surface area contributed by atoms with E-state index in [1.165, 1.54) is 4.90 Å². The summed E-state index contributed by atoms with van der Waals surface area (Å²) in [5.41, 5.74) is 0.148. The topological polar surface area (TPSA) is 89.1 Å². The monoisotopic (exact) mass is 203 g/mol. The predicted octanol–water partition coefficient (Wildman–Crippen LogP) is -0.565. The van der Waals surface area contributed by atoms with E-state index in [4.69, 9.17) is 5.11 Å². The molecule has 0 bridgehead atoms. The van der Waals surface area contributed by atoms with Crippen molar-refractivity contribution in [1.29, 1.82) is 0 Å². The van der Waals surface area contributed by atoms with Crippen molar-refractivity contribution >= 4 is 23.6 Å². The fourth-order valence-electron chi connectivity index (χ4n) is 1.34. The van der Waals surface area contributed by atoms with Crippen molar-refractivity contribution in [3.05, 3.63) is 11.8 Å². The molecule has 13 heavy (non-hydrogen) atoms. The average Bonchev–Trinajstić information content (AvgIpc) is 2.01. The van der Waals surface area contributed by atoms with E-state index in [0.29, 0.717) is 12.2 Å². The van der Waals surface area contributed by atoms with Gasteiger partial charge in [0.05, 0.1) is 11.8 Å². The maximum atomic E-state index is 11.0. The quantitative estimate of drug-likeness (QED) is 0.578. The highest BCUT2D eigenvalue weighted by atomic mass is 32.2. The minimum absolute atomic E-state index is 0. The van der Waals surface area contributed by atoms with Crippen molar-refractivity contribution < 1.29 is 20.2 Å². The molecule has 0 aromatic heterocycles. The number of carbonyl (C=O) groups excluding carboxylic acids is 1. The van der Waals surface area contributed by atoms with Gasteiger partial charge in [-0.3, -0.25) is 9.69 Å². The van der Waals surface area contributed by atoms with Crippen molar-refractivity contribution in [3.63, 3.8) is 0 Å². The van der Waals surface area contributed by atoms with Gasteiger partial charge in [0.2, 0.25) is 5.91 Å². The lowest BCUT2D eigenvalue weighted by Gasteiger charge is -2.42. The van der Waals surface area contributed by atoms with E-state index in [1.54, 1.807) is 17.8 Å². The fraction of sp³-hybridized carbons (Fsp3) is 0.429. The van der Waals surface area contributed by atoms with Crippen LogP contribution < -0.4 is 0 Å². The number of carboxylic acids is 1. The minimum Gasteiger partial charge on any atom is -0.477 e. The van der Waals surface area contributed by atoms with Gasteiger partial charge in [0, 0.05) is 5.75 Å². The van der Waals surface area contributed by atoms with Gasteiger partial charge in [0.25, 0.3) is 0 Å². The Kier molecular flexibility index (Phi) is 2.63. The van der Waals surface area contributed by atoms with E-state index < -0.39 is 5.97 Å².